The molecule has 2 nitrogen and oxygen atoms in total. The smallest absolute Gasteiger partial charge is 0.163 e. The summed E-state index contributed by atoms with van der Waals surface area (Å²) >= 11 is 6.76. The Hall–Kier alpha value is -1.13. The maximum atomic E-state index is 11.6. The van der Waals surface area contributed by atoms with E-state index < -0.39 is 0 Å². The Labute approximate surface area is 122 Å². The number of benzene rings is 2. The average molecular weight is 370 g/mol. The van der Waals surface area contributed by atoms with Crippen LogP contribution in [0.15, 0.2) is 51.4 Å². The predicted octanol–water partition coefficient (Wildman–Crippen LogP) is 5.21. The van der Waals surface area contributed by atoms with Gasteiger partial charge in [0.2, 0.25) is 0 Å². The summed E-state index contributed by atoms with van der Waals surface area (Å²) in [6, 6.07) is 12.9. The summed E-state index contributed by atoms with van der Waals surface area (Å²) in [6.45, 7) is 1.52. The normalized spacial score (nSPS) is 10.2. The topological polar surface area (TPSA) is 26.3 Å². The second-order valence-electron chi connectivity index (χ2n) is 3.73. The number of carbonyl (C=O) groups excluding carboxylic acids is 1. The SMILES string of the molecule is CC(=O)c1cc(Br)ccc1Oc1ccccc1Br. The highest BCUT2D eigenvalue weighted by molar-refractivity contribution is 9.10. The van der Waals surface area contributed by atoms with E-state index in [4.69, 9.17) is 4.74 Å². The molecule has 0 aliphatic carbocycles. The highest BCUT2D eigenvalue weighted by Crippen LogP contribution is 2.32. The van der Waals surface area contributed by atoms with Crippen LogP contribution in [0.2, 0.25) is 0 Å². The zero-order chi connectivity index (χ0) is 13.1. The van der Waals surface area contributed by atoms with Gasteiger partial charge in [0.1, 0.15) is 11.5 Å². The number of ketones is 1. The van der Waals surface area contributed by atoms with Crippen molar-refractivity contribution in [3.63, 3.8) is 0 Å². The second-order valence-corrected chi connectivity index (χ2v) is 5.50. The maximum absolute atomic E-state index is 11.6. The number of rotatable bonds is 3. The quantitative estimate of drug-likeness (QED) is 0.694. The summed E-state index contributed by atoms with van der Waals surface area (Å²) in [7, 11) is 0. The molecule has 92 valence electrons. The van der Waals surface area contributed by atoms with Gasteiger partial charge in [0.15, 0.2) is 5.78 Å². The predicted molar refractivity (Wildman–Crippen MR) is 78.4 cm³/mol. The van der Waals surface area contributed by atoms with Crippen molar-refractivity contribution in [1.82, 2.24) is 0 Å². The summed E-state index contributed by atoms with van der Waals surface area (Å²) < 4.78 is 7.47. The van der Waals surface area contributed by atoms with Crippen molar-refractivity contribution in [2.45, 2.75) is 6.92 Å². The van der Waals surface area contributed by atoms with Gasteiger partial charge < -0.3 is 4.74 Å². The summed E-state index contributed by atoms with van der Waals surface area (Å²) in [6.07, 6.45) is 0. The molecule has 0 heterocycles. The van der Waals surface area contributed by atoms with Crippen LogP contribution in [-0.4, -0.2) is 5.78 Å². The molecule has 2 aromatic rings. The van der Waals surface area contributed by atoms with E-state index >= 15 is 0 Å². The van der Waals surface area contributed by atoms with Gasteiger partial charge in [0.25, 0.3) is 0 Å². The van der Waals surface area contributed by atoms with Gasteiger partial charge in [-0.05, 0) is 53.2 Å². The lowest BCUT2D eigenvalue weighted by Gasteiger charge is -2.11. The maximum Gasteiger partial charge on any atom is 0.163 e. The van der Waals surface area contributed by atoms with E-state index in [1.54, 1.807) is 12.1 Å². The first-order valence-electron chi connectivity index (χ1n) is 5.31. The van der Waals surface area contributed by atoms with Crippen molar-refractivity contribution >= 4 is 37.6 Å². The standard InChI is InChI=1S/C14H10Br2O2/c1-9(17)11-8-10(15)6-7-13(11)18-14-5-3-2-4-12(14)16/h2-8H,1H3. The van der Waals surface area contributed by atoms with E-state index in [1.165, 1.54) is 6.92 Å². The molecule has 0 saturated carbocycles. The fourth-order valence-electron chi connectivity index (χ4n) is 1.51. The van der Waals surface area contributed by atoms with E-state index in [2.05, 4.69) is 31.9 Å². The van der Waals surface area contributed by atoms with Crippen LogP contribution in [0.4, 0.5) is 0 Å². The molecule has 0 spiro atoms. The number of para-hydroxylation sites is 1. The third-order valence-electron chi connectivity index (χ3n) is 2.38. The zero-order valence-electron chi connectivity index (χ0n) is 9.61. The molecule has 2 aromatic carbocycles. The molecule has 0 fully saturated rings. The van der Waals surface area contributed by atoms with Gasteiger partial charge in [0.05, 0.1) is 10.0 Å². The minimum Gasteiger partial charge on any atom is -0.455 e. The average Bonchev–Trinajstić information content (AvgIpc) is 2.34. The number of hydrogen-bond donors (Lipinski definition) is 0. The number of hydrogen-bond acceptors (Lipinski definition) is 2. The summed E-state index contributed by atoms with van der Waals surface area (Å²) in [4.78, 5) is 11.6. The molecule has 0 aromatic heterocycles. The number of ether oxygens (including phenoxy) is 1. The van der Waals surface area contributed by atoms with E-state index in [-0.39, 0.29) is 5.78 Å². The first-order chi connectivity index (χ1) is 8.58. The Kier molecular flexibility index (Phi) is 4.19. The molecule has 0 unspecified atom stereocenters. The van der Waals surface area contributed by atoms with Crippen LogP contribution in [-0.2, 0) is 0 Å². The lowest BCUT2D eigenvalue weighted by molar-refractivity contribution is 0.101. The van der Waals surface area contributed by atoms with Gasteiger partial charge >= 0.3 is 0 Å². The lowest BCUT2D eigenvalue weighted by Crippen LogP contribution is -1.97. The van der Waals surface area contributed by atoms with Crippen LogP contribution < -0.4 is 4.74 Å². The second kappa shape index (κ2) is 5.67. The van der Waals surface area contributed by atoms with Crippen molar-refractivity contribution in [3.8, 4) is 11.5 Å². The van der Waals surface area contributed by atoms with Crippen LogP contribution >= 0.6 is 31.9 Å². The first kappa shape index (κ1) is 13.3. The molecule has 0 aliphatic heterocycles. The van der Waals surface area contributed by atoms with Gasteiger partial charge in [-0.1, -0.05) is 28.1 Å². The molecule has 0 bridgehead atoms. The molecule has 0 saturated heterocycles. The molecule has 18 heavy (non-hydrogen) atoms. The summed E-state index contributed by atoms with van der Waals surface area (Å²) in [5.74, 6) is 1.21. The van der Waals surface area contributed by atoms with Crippen LogP contribution in [0.1, 0.15) is 17.3 Å². The zero-order valence-corrected chi connectivity index (χ0v) is 12.8. The number of carbonyl (C=O) groups is 1. The third kappa shape index (κ3) is 3.00. The van der Waals surface area contributed by atoms with E-state index in [1.807, 2.05) is 30.3 Å². The van der Waals surface area contributed by atoms with E-state index in [9.17, 15) is 4.79 Å². The molecule has 0 atom stereocenters. The molecule has 0 N–H and O–H groups in total. The fraction of sp³-hybridized carbons (Fsp3) is 0.0714. The van der Waals surface area contributed by atoms with Gasteiger partial charge in [-0.3, -0.25) is 4.79 Å². The summed E-state index contributed by atoms with van der Waals surface area (Å²) in [5.41, 5.74) is 0.556. The van der Waals surface area contributed by atoms with Crippen molar-refractivity contribution in [2.75, 3.05) is 0 Å². The van der Waals surface area contributed by atoms with Crippen molar-refractivity contribution in [2.24, 2.45) is 0 Å². The molecule has 0 aliphatic rings. The Balaban J connectivity index is 2.41. The van der Waals surface area contributed by atoms with E-state index in [0.29, 0.717) is 17.1 Å². The molecular formula is C14H10Br2O2. The lowest BCUT2D eigenvalue weighted by atomic mass is 10.1. The molecular weight excluding hydrogens is 360 g/mol. The van der Waals surface area contributed by atoms with Gasteiger partial charge in [-0.15, -0.1) is 0 Å². The monoisotopic (exact) mass is 368 g/mol. The minimum atomic E-state index is -0.0293. The van der Waals surface area contributed by atoms with Gasteiger partial charge in [-0.25, -0.2) is 0 Å². The third-order valence-corrected chi connectivity index (χ3v) is 3.53. The Bertz CT molecular complexity index is 594. The minimum absolute atomic E-state index is 0.0293. The van der Waals surface area contributed by atoms with Crippen LogP contribution in [0, 0.1) is 0 Å². The van der Waals surface area contributed by atoms with Gasteiger partial charge in [0, 0.05) is 4.47 Å². The number of halogens is 2. The van der Waals surface area contributed by atoms with Crippen LogP contribution in [0.5, 0.6) is 11.5 Å². The highest BCUT2D eigenvalue weighted by atomic mass is 79.9. The largest absolute Gasteiger partial charge is 0.455 e. The highest BCUT2D eigenvalue weighted by Gasteiger charge is 2.11. The Morgan fingerprint density at radius 1 is 1.06 bits per heavy atom. The number of Topliss-reactive ketones (excluding diaryl/α,β-unsaturated/α-hetero) is 1. The van der Waals surface area contributed by atoms with Gasteiger partial charge in [-0.2, -0.15) is 0 Å². The molecule has 2 rings (SSSR count). The van der Waals surface area contributed by atoms with Crippen LogP contribution in [0.3, 0.4) is 0 Å². The molecule has 4 heteroatoms. The van der Waals surface area contributed by atoms with Crippen LogP contribution in [0.25, 0.3) is 0 Å². The van der Waals surface area contributed by atoms with Crippen molar-refractivity contribution < 1.29 is 9.53 Å². The summed E-state index contributed by atoms with van der Waals surface area (Å²) in [5, 5.41) is 0. The van der Waals surface area contributed by atoms with E-state index in [0.717, 1.165) is 8.95 Å². The Morgan fingerprint density at radius 3 is 2.44 bits per heavy atom. The Morgan fingerprint density at radius 2 is 1.78 bits per heavy atom. The first-order valence-corrected chi connectivity index (χ1v) is 6.89. The van der Waals surface area contributed by atoms with Crippen molar-refractivity contribution in [1.29, 1.82) is 0 Å². The van der Waals surface area contributed by atoms with Crippen molar-refractivity contribution in [3.05, 3.63) is 57.0 Å². The fourth-order valence-corrected chi connectivity index (χ4v) is 2.24. The molecule has 0 radical (unpaired) electrons. The molecule has 0 amide bonds.